The molecule has 3 rings (SSSR count). The van der Waals surface area contributed by atoms with Crippen molar-refractivity contribution in [1.29, 1.82) is 0 Å². The summed E-state index contributed by atoms with van der Waals surface area (Å²) in [4.78, 5) is 0. The summed E-state index contributed by atoms with van der Waals surface area (Å²) in [5.74, 6) is 0.430. The van der Waals surface area contributed by atoms with E-state index in [1.807, 2.05) is 6.07 Å². The number of aliphatic hydroxyl groups is 1. The maximum atomic E-state index is 12.5. The molecule has 0 unspecified atom stereocenters. The molecule has 0 radical (unpaired) electrons. The summed E-state index contributed by atoms with van der Waals surface area (Å²) in [5, 5.41) is 14.1. The van der Waals surface area contributed by atoms with Crippen molar-refractivity contribution in [3.63, 3.8) is 0 Å². The van der Waals surface area contributed by atoms with Crippen LogP contribution in [0.15, 0.2) is 42.7 Å². The molecule has 0 spiro atoms. The van der Waals surface area contributed by atoms with Crippen molar-refractivity contribution in [2.75, 3.05) is 13.1 Å². The van der Waals surface area contributed by atoms with E-state index in [0.717, 1.165) is 5.56 Å². The molecule has 1 aliphatic heterocycles. The molecule has 8 heteroatoms. The summed E-state index contributed by atoms with van der Waals surface area (Å²) in [6.07, 6.45) is 1.76. The Balaban J connectivity index is 1.67. The molecule has 2 heterocycles. The third-order valence-corrected chi connectivity index (χ3v) is 5.54. The smallest absolute Gasteiger partial charge is 0.218 e. The second kappa shape index (κ2) is 6.31. The maximum Gasteiger partial charge on any atom is 0.218 e. The van der Waals surface area contributed by atoms with Crippen molar-refractivity contribution in [1.82, 2.24) is 14.1 Å². The molecule has 7 nitrogen and oxygen atoms in total. The average Bonchev–Trinajstić information content (AvgIpc) is 3.07. The van der Waals surface area contributed by atoms with Crippen LogP contribution in [0.25, 0.3) is 0 Å². The van der Waals surface area contributed by atoms with Gasteiger partial charge in [-0.25, -0.2) is 8.42 Å². The molecule has 1 aromatic heterocycles. The first-order chi connectivity index (χ1) is 10.9. The largest absolute Gasteiger partial charge is 0.483 e. The van der Waals surface area contributed by atoms with Gasteiger partial charge in [-0.15, -0.1) is 0 Å². The molecule has 1 fully saturated rings. The van der Waals surface area contributed by atoms with Gasteiger partial charge < -0.3 is 9.84 Å². The van der Waals surface area contributed by atoms with Gasteiger partial charge in [0, 0.05) is 13.6 Å². The third-order valence-electron chi connectivity index (χ3n) is 3.76. The minimum atomic E-state index is -3.49. The first kappa shape index (κ1) is 16.0. The Labute approximate surface area is 135 Å². The van der Waals surface area contributed by atoms with E-state index in [4.69, 9.17) is 4.74 Å². The number of rotatable bonds is 5. The Kier molecular flexibility index (Phi) is 4.38. The molecule has 0 aliphatic carbocycles. The van der Waals surface area contributed by atoms with Gasteiger partial charge in [-0.1, -0.05) is 30.3 Å². The van der Waals surface area contributed by atoms with Gasteiger partial charge in [-0.2, -0.15) is 9.40 Å². The van der Waals surface area contributed by atoms with Crippen molar-refractivity contribution in [3.05, 3.63) is 48.3 Å². The Morgan fingerprint density at radius 2 is 2.04 bits per heavy atom. The number of aliphatic hydroxyl groups excluding tert-OH is 1. The van der Waals surface area contributed by atoms with Gasteiger partial charge in [0.05, 0.1) is 24.7 Å². The van der Waals surface area contributed by atoms with Crippen LogP contribution in [-0.2, 0) is 22.8 Å². The first-order valence-corrected chi connectivity index (χ1v) is 8.90. The van der Waals surface area contributed by atoms with Crippen LogP contribution in [0, 0.1) is 0 Å². The van der Waals surface area contributed by atoms with Crippen LogP contribution < -0.4 is 4.74 Å². The Morgan fingerprint density at radius 3 is 2.70 bits per heavy atom. The Hall–Kier alpha value is -1.90. The van der Waals surface area contributed by atoms with Gasteiger partial charge in [0.25, 0.3) is 0 Å². The predicted octanol–water partition coefficient (Wildman–Crippen LogP) is 0.374. The van der Waals surface area contributed by atoms with Crippen LogP contribution in [0.1, 0.15) is 5.56 Å². The summed E-state index contributed by atoms with van der Waals surface area (Å²) in [5.41, 5.74) is 0.721. The number of benzene rings is 1. The zero-order valence-electron chi connectivity index (χ0n) is 12.7. The van der Waals surface area contributed by atoms with Crippen molar-refractivity contribution in [2.24, 2.45) is 7.05 Å². The van der Waals surface area contributed by atoms with E-state index >= 15 is 0 Å². The molecule has 1 aromatic carbocycles. The van der Waals surface area contributed by atoms with Crippen molar-refractivity contribution >= 4 is 10.0 Å². The van der Waals surface area contributed by atoms with E-state index in [0.29, 0.717) is 5.75 Å². The van der Waals surface area contributed by atoms with Gasteiger partial charge in [0.1, 0.15) is 12.2 Å². The van der Waals surface area contributed by atoms with Crippen LogP contribution >= 0.6 is 0 Å². The SMILES string of the molecule is Cn1cc(O[C@@H]2CN(S(=O)(=O)Cc3ccccc3)C[C@H]2O)cn1. The van der Waals surface area contributed by atoms with E-state index < -0.39 is 22.2 Å². The number of aryl methyl sites for hydroxylation is 1. The fourth-order valence-electron chi connectivity index (χ4n) is 2.58. The van der Waals surface area contributed by atoms with Gasteiger partial charge in [-0.3, -0.25) is 4.68 Å². The summed E-state index contributed by atoms with van der Waals surface area (Å²) < 4.78 is 33.5. The van der Waals surface area contributed by atoms with Gasteiger partial charge in [0.2, 0.25) is 10.0 Å². The monoisotopic (exact) mass is 337 g/mol. The lowest BCUT2D eigenvalue weighted by molar-refractivity contribution is 0.0737. The standard InChI is InChI=1S/C15H19N3O4S/c1-17-8-13(7-16-17)22-15-10-18(9-14(15)19)23(20,21)11-12-5-3-2-4-6-12/h2-8,14-15,19H,9-11H2,1H3/t14-,15-/m1/s1. The van der Waals surface area contributed by atoms with E-state index in [1.165, 1.54) is 10.5 Å². The molecular formula is C15H19N3O4S. The second-order valence-corrected chi connectivity index (χ2v) is 7.60. The van der Waals surface area contributed by atoms with Crippen LogP contribution in [0.2, 0.25) is 0 Å². The normalized spacial score (nSPS) is 22.3. The molecule has 1 aliphatic rings. The number of nitrogens with zero attached hydrogens (tertiary/aromatic N) is 3. The van der Waals surface area contributed by atoms with E-state index in [9.17, 15) is 13.5 Å². The molecule has 2 aromatic rings. The molecule has 0 amide bonds. The summed E-state index contributed by atoms with van der Waals surface area (Å²) in [7, 11) is -1.73. The highest BCUT2D eigenvalue weighted by Crippen LogP contribution is 2.22. The number of aromatic nitrogens is 2. The van der Waals surface area contributed by atoms with Crippen molar-refractivity contribution in [2.45, 2.75) is 18.0 Å². The second-order valence-electron chi connectivity index (χ2n) is 5.63. The molecule has 0 saturated carbocycles. The lowest BCUT2D eigenvalue weighted by atomic mass is 10.2. The minimum Gasteiger partial charge on any atom is -0.483 e. The number of hydrogen-bond acceptors (Lipinski definition) is 5. The predicted molar refractivity (Wildman–Crippen MR) is 84.3 cm³/mol. The topological polar surface area (TPSA) is 84.7 Å². The fraction of sp³-hybridized carbons (Fsp3) is 0.400. The van der Waals surface area contributed by atoms with Gasteiger partial charge in [-0.05, 0) is 5.56 Å². The van der Waals surface area contributed by atoms with Crippen LogP contribution in [0.4, 0.5) is 0 Å². The molecule has 0 bridgehead atoms. The number of ether oxygens (including phenoxy) is 1. The highest BCUT2D eigenvalue weighted by molar-refractivity contribution is 7.88. The fourth-order valence-corrected chi connectivity index (χ4v) is 4.13. The molecule has 1 N–H and O–H groups in total. The molecule has 23 heavy (non-hydrogen) atoms. The molecule has 124 valence electrons. The average molecular weight is 337 g/mol. The van der Waals surface area contributed by atoms with Gasteiger partial charge >= 0.3 is 0 Å². The Bertz CT molecular complexity index is 760. The Morgan fingerprint density at radius 1 is 1.30 bits per heavy atom. The number of sulfonamides is 1. The lowest BCUT2D eigenvalue weighted by Crippen LogP contribution is -2.32. The number of hydrogen-bond donors (Lipinski definition) is 1. The van der Waals surface area contributed by atoms with E-state index in [1.54, 1.807) is 42.2 Å². The van der Waals surface area contributed by atoms with Crippen LogP contribution in [-0.4, -0.2) is 52.9 Å². The molecular weight excluding hydrogens is 318 g/mol. The molecule has 1 saturated heterocycles. The highest BCUT2D eigenvalue weighted by atomic mass is 32.2. The first-order valence-electron chi connectivity index (χ1n) is 7.29. The number of β-amino-alcohol motifs (C(OH)–C–C–N with tert-alkyl or cyclic N) is 1. The zero-order valence-corrected chi connectivity index (χ0v) is 13.6. The summed E-state index contributed by atoms with van der Waals surface area (Å²) in [6, 6.07) is 8.99. The summed E-state index contributed by atoms with van der Waals surface area (Å²) >= 11 is 0. The van der Waals surface area contributed by atoms with Crippen LogP contribution in [0.5, 0.6) is 5.75 Å². The minimum absolute atomic E-state index is 0.0418. The van der Waals surface area contributed by atoms with Crippen LogP contribution in [0.3, 0.4) is 0 Å². The molecule has 2 atom stereocenters. The summed E-state index contributed by atoms with van der Waals surface area (Å²) in [6.45, 7) is 0.172. The van der Waals surface area contributed by atoms with Gasteiger partial charge in [0.15, 0.2) is 5.75 Å². The van der Waals surface area contributed by atoms with E-state index in [-0.39, 0.29) is 18.8 Å². The quantitative estimate of drug-likeness (QED) is 0.852. The van der Waals surface area contributed by atoms with E-state index in [2.05, 4.69) is 5.10 Å². The lowest BCUT2D eigenvalue weighted by Gasteiger charge is -2.16. The highest BCUT2D eigenvalue weighted by Gasteiger charge is 2.39. The van der Waals surface area contributed by atoms with Crippen molar-refractivity contribution < 1.29 is 18.3 Å². The third kappa shape index (κ3) is 3.72. The van der Waals surface area contributed by atoms with Crippen molar-refractivity contribution in [3.8, 4) is 5.75 Å². The maximum absolute atomic E-state index is 12.5. The zero-order chi connectivity index (χ0) is 16.4.